The van der Waals surface area contributed by atoms with Crippen LogP contribution in [-0.2, 0) is 27.3 Å². The van der Waals surface area contributed by atoms with Gasteiger partial charge in [0.15, 0.2) is 16.0 Å². The minimum Gasteiger partial charge on any atom is -0.481 e. The van der Waals surface area contributed by atoms with Gasteiger partial charge in [0, 0.05) is 43.9 Å². The van der Waals surface area contributed by atoms with Crippen LogP contribution >= 0.6 is 23.3 Å². The number of carboxylic acid groups (broad SMARTS) is 1. The zero-order valence-corrected chi connectivity index (χ0v) is 17.8. The van der Waals surface area contributed by atoms with E-state index in [9.17, 15) is 18.4 Å². The highest BCUT2D eigenvalue weighted by atomic mass is 32.2. The third kappa shape index (κ3) is 6.46. The first-order valence-electron chi connectivity index (χ1n) is 9.20. The third-order valence-electron chi connectivity index (χ3n) is 4.39. The minimum atomic E-state index is -0.961. The Morgan fingerprint density at radius 2 is 2.20 bits per heavy atom. The molecule has 2 heterocycles. The standard InChI is InChI=1S/C19H21F2N3O4S2/c1-12(25)24(30-19-22-14(11-29-19)7-18(26)27)10-15-9-23(4-5-28-15)8-13-2-3-16(20)17(21)6-13/h2-3,6,11,15H,4-5,7-10H2,1H3,(H,26,27)/t15-/m0/s1. The van der Waals surface area contributed by atoms with Gasteiger partial charge < -0.3 is 9.84 Å². The maximum atomic E-state index is 13.4. The van der Waals surface area contributed by atoms with Crippen molar-refractivity contribution in [3.8, 4) is 0 Å². The molecule has 1 N–H and O–H groups in total. The number of thiazole rings is 1. The number of ether oxygens (including phenoxy) is 1. The molecule has 3 rings (SSSR count). The molecule has 1 aliphatic heterocycles. The van der Waals surface area contributed by atoms with Crippen molar-refractivity contribution in [3.05, 3.63) is 46.5 Å². The van der Waals surface area contributed by atoms with E-state index in [0.29, 0.717) is 48.4 Å². The Morgan fingerprint density at radius 3 is 2.90 bits per heavy atom. The van der Waals surface area contributed by atoms with Crippen molar-refractivity contribution in [1.29, 1.82) is 0 Å². The molecule has 1 aromatic carbocycles. The zero-order valence-electron chi connectivity index (χ0n) is 16.2. The summed E-state index contributed by atoms with van der Waals surface area (Å²) >= 11 is 2.44. The summed E-state index contributed by atoms with van der Waals surface area (Å²) < 4.78 is 34.5. The first-order valence-corrected chi connectivity index (χ1v) is 10.9. The van der Waals surface area contributed by atoms with Gasteiger partial charge in [0.1, 0.15) is 0 Å². The number of hydrogen-bond acceptors (Lipinski definition) is 7. The van der Waals surface area contributed by atoms with Crippen molar-refractivity contribution in [2.75, 3.05) is 26.2 Å². The molecule has 1 fully saturated rings. The topological polar surface area (TPSA) is 83.0 Å². The average Bonchev–Trinajstić information content (AvgIpc) is 3.10. The molecule has 0 radical (unpaired) electrons. The van der Waals surface area contributed by atoms with Gasteiger partial charge in [-0.25, -0.2) is 13.8 Å². The molecule has 0 saturated carbocycles. The third-order valence-corrected chi connectivity index (χ3v) is 6.45. The van der Waals surface area contributed by atoms with Crippen LogP contribution in [0.4, 0.5) is 8.78 Å². The molecule has 1 aliphatic rings. The first kappa shape index (κ1) is 22.6. The second-order valence-electron chi connectivity index (χ2n) is 6.82. The fourth-order valence-corrected chi connectivity index (χ4v) is 4.85. The van der Waals surface area contributed by atoms with Crippen LogP contribution < -0.4 is 0 Å². The Hall–Kier alpha value is -2.08. The number of carbonyl (C=O) groups is 2. The maximum Gasteiger partial charge on any atom is 0.309 e. The van der Waals surface area contributed by atoms with Gasteiger partial charge in [-0.05, 0) is 17.7 Å². The lowest BCUT2D eigenvalue weighted by atomic mass is 10.1. The van der Waals surface area contributed by atoms with Gasteiger partial charge in [0.05, 0.1) is 31.4 Å². The van der Waals surface area contributed by atoms with E-state index in [1.807, 2.05) is 0 Å². The zero-order chi connectivity index (χ0) is 21.7. The van der Waals surface area contributed by atoms with Crippen LogP contribution in [0.5, 0.6) is 0 Å². The van der Waals surface area contributed by atoms with E-state index in [2.05, 4.69) is 9.88 Å². The van der Waals surface area contributed by atoms with Crippen LogP contribution in [0.15, 0.2) is 27.9 Å². The predicted octanol–water partition coefficient (Wildman–Crippen LogP) is 2.81. The van der Waals surface area contributed by atoms with Crippen molar-refractivity contribution >= 4 is 35.2 Å². The molecule has 0 spiro atoms. The Kier molecular flexibility index (Phi) is 7.75. The molecular formula is C19H21F2N3O4S2. The van der Waals surface area contributed by atoms with E-state index < -0.39 is 17.6 Å². The summed E-state index contributed by atoms with van der Waals surface area (Å²) in [5.74, 6) is -2.88. The fraction of sp³-hybridized carbons (Fsp3) is 0.421. The number of hydrogen-bond donors (Lipinski definition) is 1. The summed E-state index contributed by atoms with van der Waals surface area (Å²) in [7, 11) is 0. The Balaban J connectivity index is 1.58. The molecule has 1 atom stereocenters. The minimum absolute atomic E-state index is 0.165. The number of benzene rings is 1. The lowest BCUT2D eigenvalue weighted by Crippen LogP contribution is -2.46. The lowest BCUT2D eigenvalue weighted by molar-refractivity contribution is -0.136. The SMILES string of the molecule is CC(=O)N(C[C@@H]1CN(Cc2ccc(F)c(F)c2)CCO1)Sc1nc(CC(=O)O)cs1. The van der Waals surface area contributed by atoms with Crippen molar-refractivity contribution in [2.45, 2.75) is 30.3 Å². The number of amides is 1. The molecule has 30 heavy (non-hydrogen) atoms. The van der Waals surface area contributed by atoms with Gasteiger partial charge in [-0.15, -0.1) is 11.3 Å². The normalized spacial score (nSPS) is 17.1. The largest absolute Gasteiger partial charge is 0.481 e. The monoisotopic (exact) mass is 457 g/mol. The van der Waals surface area contributed by atoms with E-state index in [1.54, 1.807) is 11.4 Å². The number of aromatic nitrogens is 1. The van der Waals surface area contributed by atoms with E-state index in [1.165, 1.54) is 28.6 Å². The molecule has 0 bridgehead atoms. The van der Waals surface area contributed by atoms with Gasteiger partial charge in [-0.1, -0.05) is 6.07 Å². The Morgan fingerprint density at radius 1 is 1.40 bits per heavy atom. The van der Waals surface area contributed by atoms with Crippen molar-refractivity contribution < 1.29 is 28.2 Å². The number of rotatable bonds is 8. The summed E-state index contributed by atoms with van der Waals surface area (Å²) in [5, 5.41) is 10.5. The second-order valence-corrected chi connectivity index (χ2v) is 8.95. The van der Waals surface area contributed by atoms with Crippen LogP contribution in [-0.4, -0.2) is 63.5 Å². The van der Waals surface area contributed by atoms with Crippen LogP contribution in [0, 0.1) is 11.6 Å². The van der Waals surface area contributed by atoms with Crippen molar-refractivity contribution in [3.63, 3.8) is 0 Å². The van der Waals surface area contributed by atoms with E-state index >= 15 is 0 Å². The maximum absolute atomic E-state index is 13.4. The van der Waals surface area contributed by atoms with Crippen molar-refractivity contribution in [1.82, 2.24) is 14.2 Å². The molecule has 0 aliphatic carbocycles. The van der Waals surface area contributed by atoms with Gasteiger partial charge in [0.2, 0.25) is 5.91 Å². The van der Waals surface area contributed by atoms with Crippen LogP contribution in [0.2, 0.25) is 0 Å². The predicted molar refractivity (Wildman–Crippen MR) is 108 cm³/mol. The molecule has 0 unspecified atom stereocenters. The number of halogens is 2. The number of carboxylic acids is 1. The van der Waals surface area contributed by atoms with E-state index in [-0.39, 0.29) is 18.4 Å². The van der Waals surface area contributed by atoms with Crippen LogP contribution in [0.25, 0.3) is 0 Å². The van der Waals surface area contributed by atoms with Gasteiger partial charge in [-0.2, -0.15) is 0 Å². The summed E-state index contributed by atoms with van der Waals surface area (Å²) in [6.45, 7) is 3.86. The summed E-state index contributed by atoms with van der Waals surface area (Å²) in [4.78, 5) is 29.2. The number of carbonyl (C=O) groups excluding carboxylic acids is 1. The molecule has 1 saturated heterocycles. The van der Waals surface area contributed by atoms with Crippen LogP contribution in [0.1, 0.15) is 18.2 Å². The highest BCUT2D eigenvalue weighted by Crippen LogP contribution is 2.27. The summed E-state index contributed by atoms with van der Waals surface area (Å²) in [5.41, 5.74) is 1.12. The molecule has 11 heteroatoms. The number of morpholine rings is 1. The quantitative estimate of drug-likeness (QED) is 0.611. The van der Waals surface area contributed by atoms with Gasteiger partial charge in [0.25, 0.3) is 0 Å². The second kappa shape index (κ2) is 10.3. The highest BCUT2D eigenvalue weighted by Gasteiger charge is 2.25. The Labute approximate surface area is 180 Å². The summed E-state index contributed by atoms with van der Waals surface area (Å²) in [6, 6.07) is 3.86. The number of aliphatic carboxylic acids is 1. The van der Waals surface area contributed by atoms with Crippen LogP contribution in [0.3, 0.4) is 0 Å². The van der Waals surface area contributed by atoms with E-state index in [0.717, 1.165) is 18.0 Å². The molecule has 7 nitrogen and oxygen atoms in total. The smallest absolute Gasteiger partial charge is 0.309 e. The lowest BCUT2D eigenvalue weighted by Gasteiger charge is -2.35. The molecule has 1 aromatic heterocycles. The van der Waals surface area contributed by atoms with Gasteiger partial charge >= 0.3 is 5.97 Å². The highest BCUT2D eigenvalue weighted by molar-refractivity contribution is 7.99. The van der Waals surface area contributed by atoms with E-state index in [4.69, 9.17) is 9.84 Å². The molecular weight excluding hydrogens is 436 g/mol. The molecule has 2 aromatic rings. The first-order chi connectivity index (χ1) is 14.3. The molecule has 1 amide bonds. The summed E-state index contributed by atoms with van der Waals surface area (Å²) in [6.07, 6.45) is -0.416. The Bertz CT molecular complexity index is 912. The average molecular weight is 458 g/mol. The number of nitrogens with zero attached hydrogens (tertiary/aromatic N) is 3. The van der Waals surface area contributed by atoms with Gasteiger partial charge in [-0.3, -0.25) is 18.8 Å². The van der Waals surface area contributed by atoms with Crippen molar-refractivity contribution in [2.24, 2.45) is 0 Å². The fourth-order valence-electron chi connectivity index (χ4n) is 3.01. The molecule has 162 valence electrons.